The summed E-state index contributed by atoms with van der Waals surface area (Å²) in [6, 6.07) is 10.7. The Hall–Kier alpha value is -2.61. The van der Waals surface area contributed by atoms with Crippen molar-refractivity contribution in [2.45, 2.75) is 12.3 Å². The predicted octanol–water partition coefficient (Wildman–Crippen LogP) is 4.06. The van der Waals surface area contributed by atoms with E-state index in [1.807, 2.05) is 0 Å². The van der Waals surface area contributed by atoms with Gasteiger partial charge >= 0.3 is 6.18 Å². The number of hydrogen-bond acceptors (Lipinski definition) is 4. The van der Waals surface area contributed by atoms with E-state index in [0.717, 1.165) is 0 Å². The summed E-state index contributed by atoms with van der Waals surface area (Å²) in [5.41, 5.74) is 0.00853. The molecule has 1 atom stereocenters. The molecular weight excluding hydrogens is 375 g/mol. The molecule has 26 heavy (non-hydrogen) atoms. The van der Waals surface area contributed by atoms with Crippen LogP contribution in [-0.4, -0.2) is 31.4 Å². The lowest BCUT2D eigenvalue weighted by Crippen LogP contribution is -2.40. The highest BCUT2D eigenvalue weighted by Gasteiger charge is 2.30. The molecule has 1 aliphatic heterocycles. The van der Waals surface area contributed by atoms with Crippen LogP contribution in [0.5, 0.6) is 17.2 Å². The van der Waals surface area contributed by atoms with Gasteiger partial charge in [0, 0.05) is 5.02 Å². The van der Waals surface area contributed by atoms with E-state index >= 15 is 0 Å². The van der Waals surface area contributed by atoms with E-state index in [1.54, 1.807) is 24.3 Å². The van der Waals surface area contributed by atoms with Crippen molar-refractivity contribution in [2.24, 2.45) is 0 Å². The van der Waals surface area contributed by atoms with Gasteiger partial charge < -0.3 is 19.5 Å². The number of nitrogens with one attached hydrogen (secondary N) is 1. The van der Waals surface area contributed by atoms with Crippen molar-refractivity contribution in [1.82, 2.24) is 0 Å². The van der Waals surface area contributed by atoms with Crippen molar-refractivity contribution in [1.29, 1.82) is 0 Å². The molecule has 9 heteroatoms. The Bertz CT molecular complexity index is 813. The van der Waals surface area contributed by atoms with Gasteiger partial charge in [0.2, 0.25) is 6.10 Å². The second-order valence-electron chi connectivity index (χ2n) is 5.40. The molecule has 2 aromatic rings. The molecular formula is C17H13ClF3NO4. The molecule has 0 aliphatic carbocycles. The molecule has 5 nitrogen and oxygen atoms in total. The van der Waals surface area contributed by atoms with Crippen LogP contribution in [0.15, 0.2) is 42.5 Å². The van der Waals surface area contributed by atoms with Crippen LogP contribution in [0.4, 0.5) is 18.9 Å². The zero-order valence-electron chi connectivity index (χ0n) is 13.2. The van der Waals surface area contributed by atoms with Gasteiger partial charge in [-0.25, -0.2) is 0 Å². The van der Waals surface area contributed by atoms with Gasteiger partial charge in [-0.05, 0) is 30.3 Å². The topological polar surface area (TPSA) is 56.8 Å². The smallest absolute Gasteiger partial charge is 0.422 e. The second-order valence-corrected chi connectivity index (χ2v) is 5.83. The minimum absolute atomic E-state index is 0.00853. The molecule has 0 spiro atoms. The molecule has 0 radical (unpaired) electrons. The first-order valence-corrected chi connectivity index (χ1v) is 7.88. The molecule has 3 rings (SSSR count). The van der Waals surface area contributed by atoms with Crippen LogP contribution in [0.25, 0.3) is 0 Å². The number of anilines is 1. The van der Waals surface area contributed by atoms with Gasteiger partial charge in [-0.2, -0.15) is 13.2 Å². The van der Waals surface area contributed by atoms with Crippen molar-refractivity contribution in [3.05, 3.63) is 47.5 Å². The lowest BCUT2D eigenvalue weighted by Gasteiger charge is -2.25. The van der Waals surface area contributed by atoms with Gasteiger partial charge in [-0.15, -0.1) is 0 Å². The van der Waals surface area contributed by atoms with E-state index in [4.69, 9.17) is 25.8 Å². The largest absolute Gasteiger partial charge is 0.485 e. The van der Waals surface area contributed by atoms with Crippen molar-refractivity contribution in [2.75, 3.05) is 18.5 Å². The number of hydrogen-bond donors (Lipinski definition) is 1. The molecule has 1 aliphatic rings. The van der Waals surface area contributed by atoms with Crippen LogP contribution in [0, 0.1) is 0 Å². The first kappa shape index (κ1) is 18.2. The molecule has 0 aromatic heterocycles. The van der Waals surface area contributed by atoms with Crippen molar-refractivity contribution < 1.29 is 32.2 Å². The Kier molecular flexibility index (Phi) is 5.13. The summed E-state index contributed by atoms with van der Waals surface area (Å²) in [5, 5.41) is 2.70. The average molecular weight is 388 g/mol. The first-order chi connectivity index (χ1) is 12.3. The van der Waals surface area contributed by atoms with E-state index < -0.39 is 24.8 Å². The summed E-state index contributed by atoms with van der Waals surface area (Å²) >= 11 is 5.86. The predicted molar refractivity (Wildman–Crippen MR) is 88.0 cm³/mol. The van der Waals surface area contributed by atoms with E-state index in [2.05, 4.69) is 5.32 Å². The molecule has 1 N–H and O–H groups in total. The number of halogens is 4. The van der Waals surface area contributed by atoms with Gasteiger partial charge in [0.1, 0.15) is 12.4 Å². The Balaban J connectivity index is 1.72. The fraction of sp³-hybridized carbons (Fsp3) is 0.235. The molecule has 138 valence electrons. The summed E-state index contributed by atoms with van der Waals surface area (Å²) in [7, 11) is 0. The van der Waals surface area contributed by atoms with E-state index in [-0.39, 0.29) is 23.1 Å². The van der Waals surface area contributed by atoms with Crippen LogP contribution in [0.1, 0.15) is 0 Å². The number of benzene rings is 2. The minimum atomic E-state index is -4.51. The molecule has 0 saturated carbocycles. The summed E-state index contributed by atoms with van der Waals surface area (Å²) in [5.74, 6) is 0.155. The summed E-state index contributed by atoms with van der Waals surface area (Å²) in [4.78, 5) is 12.4. The van der Waals surface area contributed by atoms with E-state index in [1.165, 1.54) is 18.2 Å². The molecule has 2 aromatic carbocycles. The number of carbonyl (C=O) groups is 1. The highest BCUT2D eigenvalue weighted by Crippen LogP contribution is 2.33. The summed E-state index contributed by atoms with van der Waals surface area (Å²) in [6.07, 6.45) is -5.48. The maximum atomic E-state index is 12.4. The maximum absolute atomic E-state index is 12.4. The van der Waals surface area contributed by atoms with Crippen molar-refractivity contribution >= 4 is 23.2 Å². The van der Waals surface area contributed by atoms with Gasteiger partial charge in [0.25, 0.3) is 5.91 Å². The number of ether oxygens (including phenoxy) is 3. The Labute approximate surface area is 151 Å². The number of fused-ring (bicyclic) bond motifs is 1. The SMILES string of the molecule is O=C(Nc1cc(Cl)ccc1OCC(F)(F)F)C1COc2ccccc2O1. The number of rotatable bonds is 4. The second kappa shape index (κ2) is 7.33. The molecule has 1 heterocycles. The van der Waals surface area contributed by atoms with Gasteiger partial charge in [-0.3, -0.25) is 4.79 Å². The standard InChI is InChI=1S/C17H13ClF3NO4/c18-10-5-6-12(25-9-17(19,20)21)11(7-10)22-16(23)15-8-24-13-3-1-2-4-14(13)26-15/h1-7,15H,8-9H2,(H,22,23). The average Bonchev–Trinajstić information content (AvgIpc) is 2.60. The van der Waals surface area contributed by atoms with Crippen LogP contribution in [0.2, 0.25) is 5.02 Å². The molecule has 0 fully saturated rings. The number of amides is 1. The number of carbonyl (C=O) groups excluding carboxylic acids is 1. The quantitative estimate of drug-likeness (QED) is 0.859. The van der Waals surface area contributed by atoms with Crippen LogP contribution in [-0.2, 0) is 4.79 Å². The Morgan fingerprint density at radius 2 is 1.96 bits per heavy atom. The number of alkyl halides is 3. The maximum Gasteiger partial charge on any atom is 0.422 e. The highest BCUT2D eigenvalue weighted by atomic mass is 35.5. The zero-order chi connectivity index (χ0) is 18.7. The lowest BCUT2D eigenvalue weighted by atomic mass is 10.2. The number of para-hydroxylation sites is 2. The van der Waals surface area contributed by atoms with Gasteiger partial charge in [0.05, 0.1) is 5.69 Å². The Morgan fingerprint density at radius 3 is 2.69 bits per heavy atom. The lowest BCUT2D eigenvalue weighted by molar-refractivity contribution is -0.153. The van der Waals surface area contributed by atoms with E-state index in [9.17, 15) is 18.0 Å². The van der Waals surface area contributed by atoms with Gasteiger partial charge in [-0.1, -0.05) is 23.7 Å². The zero-order valence-corrected chi connectivity index (χ0v) is 13.9. The molecule has 0 bridgehead atoms. The fourth-order valence-corrected chi connectivity index (χ4v) is 2.42. The van der Waals surface area contributed by atoms with Crippen molar-refractivity contribution in [3.63, 3.8) is 0 Å². The minimum Gasteiger partial charge on any atom is -0.485 e. The summed E-state index contributed by atoms with van der Waals surface area (Å²) in [6.45, 7) is -1.53. The third kappa shape index (κ3) is 4.51. The van der Waals surface area contributed by atoms with E-state index in [0.29, 0.717) is 11.5 Å². The Morgan fingerprint density at radius 1 is 1.23 bits per heavy atom. The highest BCUT2D eigenvalue weighted by molar-refractivity contribution is 6.31. The normalized spacial score (nSPS) is 16.1. The first-order valence-electron chi connectivity index (χ1n) is 7.50. The molecule has 1 unspecified atom stereocenters. The van der Waals surface area contributed by atoms with Gasteiger partial charge in [0.15, 0.2) is 18.1 Å². The third-order valence-electron chi connectivity index (χ3n) is 3.39. The van der Waals surface area contributed by atoms with Crippen LogP contribution < -0.4 is 19.5 Å². The third-order valence-corrected chi connectivity index (χ3v) is 3.63. The molecule has 0 saturated heterocycles. The van der Waals surface area contributed by atoms with Crippen LogP contribution in [0.3, 0.4) is 0 Å². The van der Waals surface area contributed by atoms with Crippen molar-refractivity contribution in [3.8, 4) is 17.2 Å². The fourth-order valence-electron chi connectivity index (χ4n) is 2.25. The molecule has 1 amide bonds. The van der Waals surface area contributed by atoms with Crippen LogP contribution >= 0.6 is 11.6 Å². The monoisotopic (exact) mass is 387 g/mol. The summed E-state index contributed by atoms with van der Waals surface area (Å²) < 4.78 is 52.9.